The van der Waals surface area contributed by atoms with Gasteiger partial charge in [-0.3, -0.25) is 0 Å². The Morgan fingerprint density at radius 2 is 2.11 bits per heavy atom. The molecule has 0 aromatic heterocycles. The molecule has 0 spiro atoms. The third kappa shape index (κ3) is 2.97. The first-order valence-corrected chi connectivity index (χ1v) is 7.75. The summed E-state index contributed by atoms with van der Waals surface area (Å²) in [5.74, 6) is 0.896. The second-order valence-electron chi connectivity index (χ2n) is 6.51. The van der Waals surface area contributed by atoms with E-state index in [-0.39, 0.29) is 11.0 Å². The van der Waals surface area contributed by atoms with E-state index in [4.69, 9.17) is 4.74 Å². The highest BCUT2D eigenvalue weighted by molar-refractivity contribution is 9.10. The zero-order valence-electron chi connectivity index (χ0n) is 12.3. The minimum atomic E-state index is 0.209. The number of ether oxygens (including phenoxy) is 1. The monoisotopic (exact) mass is 325 g/mol. The van der Waals surface area contributed by atoms with Gasteiger partial charge < -0.3 is 10.1 Å². The number of hydrogen-bond donors (Lipinski definition) is 1. The van der Waals surface area contributed by atoms with Crippen molar-refractivity contribution in [3.63, 3.8) is 0 Å². The SMILES string of the molecule is COc1ccc(CC2(C(C)(C)C)CCCN2)cc1Br. The number of hydrogen-bond acceptors (Lipinski definition) is 2. The van der Waals surface area contributed by atoms with E-state index in [0.717, 1.165) is 23.2 Å². The Morgan fingerprint density at radius 3 is 2.58 bits per heavy atom. The van der Waals surface area contributed by atoms with Gasteiger partial charge in [0, 0.05) is 5.54 Å². The summed E-state index contributed by atoms with van der Waals surface area (Å²) in [6.07, 6.45) is 3.59. The summed E-state index contributed by atoms with van der Waals surface area (Å²) >= 11 is 3.58. The van der Waals surface area contributed by atoms with Crippen molar-refractivity contribution in [3.8, 4) is 5.75 Å². The Kier molecular flexibility index (Phi) is 4.26. The van der Waals surface area contributed by atoms with Crippen molar-refractivity contribution in [2.24, 2.45) is 5.41 Å². The Bertz CT molecular complexity index is 445. The molecule has 0 amide bonds. The van der Waals surface area contributed by atoms with Crippen LogP contribution in [0.1, 0.15) is 39.2 Å². The fourth-order valence-electron chi connectivity index (χ4n) is 3.03. The van der Waals surface area contributed by atoms with Crippen LogP contribution < -0.4 is 10.1 Å². The second-order valence-corrected chi connectivity index (χ2v) is 7.36. The molecule has 1 N–H and O–H groups in total. The van der Waals surface area contributed by atoms with Gasteiger partial charge in [-0.2, -0.15) is 0 Å². The van der Waals surface area contributed by atoms with Crippen LogP contribution in [0.4, 0.5) is 0 Å². The van der Waals surface area contributed by atoms with E-state index in [9.17, 15) is 0 Å². The molecule has 19 heavy (non-hydrogen) atoms. The van der Waals surface area contributed by atoms with Crippen molar-refractivity contribution in [2.45, 2.75) is 45.6 Å². The van der Waals surface area contributed by atoms with Gasteiger partial charge in [0.25, 0.3) is 0 Å². The fourth-order valence-corrected chi connectivity index (χ4v) is 3.62. The third-order valence-corrected chi connectivity index (χ3v) is 5.02. The van der Waals surface area contributed by atoms with Crippen LogP contribution in [0.25, 0.3) is 0 Å². The predicted octanol–water partition coefficient (Wildman–Crippen LogP) is 4.17. The minimum Gasteiger partial charge on any atom is -0.496 e. The maximum Gasteiger partial charge on any atom is 0.133 e. The van der Waals surface area contributed by atoms with Crippen LogP contribution >= 0.6 is 15.9 Å². The van der Waals surface area contributed by atoms with E-state index in [0.29, 0.717) is 0 Å². The van der Waals surface area contributed by atoms with E-state index in [1.807, 2.05) is 6.07 Å². The van der Waals surface area contributed by atoms with E-state index < -0.39 is 0 Å². The maximum absolute atomic E-state index is 5.30. The molecule has 1 heterocycles. The molecule has 1 aromatic carbocycles. The molecule has 0 bridgehead atoms. The van der Waals surface area contributed by atoms with Gasteiger partial charge in [-0.1, -0.05) is 26.8 Å². The van der Waals surface area contributed by atoms with Gasteiger partial charge in [-0.25, -0.2) is 0 Å². The van der Waals surface area contributed by atoms with Crippen LogP contribution in [0, 0.1) is 5.41 Å². The van der Waals surface area contributed by atoms with E-state index >= 15 is 0 Å². The summed E-state index contributed by atoms with van der Waals surface area (Å²) in [5, 5.41) is 3.76. The molecular formula is C16H24BrNO. The molecule has 1 aliphatic heterocycles. The van der Waals surface area contributed by atoms with Crippen molar-refractivity contribution >= 4 is 15.9 Å². The summed E-state index contributed by atoms with van der Waals surface area (Å²) in [5.41, 5.74) is 1.83. The lowest BCUT2D eigenvalue weighted by Crippen LogP contribution is -2.52. The average molecular weight is 326 g/mol. The van der Waals surface area contributed by atoms with Crippen molar-refractivity contribution in [1.82, 2.24) is 5.32 Å². The van der Waals surface area contributed by atoms with Gasteiger partial charge in [0.1, 0.15) is 5.75 Å². The van der Waals surface area contributed by atoms with Gasteiger partial charge in [0.05, 0.1) is 11.6 Å². The maximum atomic E-state index is 5.30. The summed E-state index contributed by atoms with van der Waals surface area (Å²) in [6.45, 7) is 8.15. The number of benzene rings is 1. The van der Waals surface area contributed by atoms with Crippen LogP contribution in [0.3, 0.4) is 0 Å². The fraction of sp³-hybridized carbons (Fsp3) is 0.625. The number of methoxy groups -OCH3 is 1. The first-order valence-electron chi connectivity index (χ1n) is 6.95. The Balaban J connectivity index is 2.25. The summed E-state index contributed by atoms with van der Waals surface area (Å²) in [7, 11) is 1.70. The minimum absolute atomic E-state index is 0.209. The zero-order valence-corrected chi connectivity index (χ0v) is 13.9. The second kappa shape index (κ2) is 5.45. The third-order valence-electron chi connectivity index (χ3n) is 4.40. The molecule has 0 saturated carbocycles. The Morgan fingerprint density at radius 1 is 1.37 bits per heavy atom. The van der Waals surface area contributed by atoms with Gasteiger partial charge in [0.15, 0.2) is 0 Å². The highest BCUT2D eigenvalue weighted by Gasteiger charge is 2.43. The number of rotatable bonds is 3. The molecule has 0 radical (unpaired) electrons. The van der Waals surface area contributed by atoms with Crippen LogP contribution in [-0.4, -0.2) is 19.2 Å². The zero-order chi connectivity index (χ0) is 14.1. The summed E-state index contributed by atoms with van der Waals surface area (Å²) in [4.78, 5) is 0. The lowest BCUT2D eigenvalue weighted by molar-refractivity contribution is 0.159. The van der Waals surface area contributed by atoms with Crippen molar-refractivity contribution < 1.29 is 4.74 Å². The summed E-state index contributed by atoms with van der Waals surface area (Å²) < 4.78 is 6.34. The van der Waals surface area contributed by atoms with E-state index in [1.165, 1.54) is 18.4 Å². The molecule has 1 atom stereocenters. The van der Waals surface area contributed by atoms with Crippen molar-refractivity contribution in [2.75, 3.05) is 13.7 Å². The van der Waals surface area contributed by atoms with Crippen LogP contribution in [0.15, 0.2) is 22.7 Å². The smallest absolute Gasteiger partial charge is 0.133 e. The Hall–Kier alpha value is -0.540. The van der Waals surface area contributed by atoms with Crippen LogP contribution in [0.2, 0.25) is 0 Å². The van der Waals surface area contributed by atoms with E-state index in [2.05, 4.69) is 54.2 Å². The number of halogens is 1. The quantitative estimate of drug-likeness (QED) is 0.900. The molecule has 3 heteroatoms. The lowest BCUT2D eigenvalue weighted by Gasteiger charge is -2.42. The normalized spacial score (nSPS) is 23.6. The Labute approximate surface area is 125 Å². The van der Waals surface area contributed by atoms with Gasteiger partial charge in [0.2, 0.25) is 0 Å². The molecule has 2 nitrogen and oxygen atoms in total. The van der Waals surface area contributed by atoms with Gasteiger partial charge in [-0.05, 0) is 64.8 Å². The molecule has 106 valence electrons. The molecule has 0 aliphatic carbocycles. The lowest BCUT2D eigenvalue weighted by atomic mass is 9.69. The highest BCUT2D eigenvalue weighted by atomic mass is 79.9. The molecule has 2 rings (SSSR count). The van der Waals surface area contributed by atoms with Crippen LogP contribution in [-0.2, 0) is 6.42 Å². The molecule has 1 aromatic rings. The average Bonchev–Trinajstić information content (AvgIpc) is 2.78. The first kappa shape index (κ1) is 14.9. The first-order chi connectivity index (χ1) is 8.88. The summed E-state index contributed by atoms with van der Waals surface area (Å²) in [6, 6.07) is 6.41. The standard InChI is InChI=1S/C16H24BrNO/c1-15(2,3)16(8-5-9-18-16)11-12-6-7-14(19-4)13(17)10-12/h6-7,10,18H,5,8-9,11H2,1-4H3. The van der Waals surface area contributed by atoms with Crippen molar-refractivity contribution in [1.29, 1.82) is 0 Å². The molecule has 1 fully saturated rings. The predicted molar refractivity (Wildman–Crippen MR) is 83.8 cm³/mol. The van der Waals surface area contributed by atoms with Crippen molar-refractivity contribution in [3.05, 3.63) is 28.2 Å². The molecular weight excluding hydrogens is 302 g/mol. The van der Waals surface area contributed by atoms with Crippen LogP contribution in [0.5, 0.6) is 5.75 Å². The van der Waals surface area contributed by atoms with Gasteiger partial charge in [-0.15, -0.1) is 0 Å². The molecule has 1 aliphatic rings. The number of nitrogens with one attached hydrogen (secondary N) is 1. The largest absolute Gasteiger partial charge is 0.496 e. The molecule has 1 saturated heterocycles. The van der Waals surface area contributed by atoms with E-state index in [1.54, 1.807) is 7.11 Å². The highest BCUT2D eigenvalue weighted by Crippen LogP contribution is 2.40. The topological polar surface area (TPSA) is 21.3 Å². The molecule has 1 unspecified atom stereocenters. The van der Waals surface area contributed by atoms with Gasteiger partial charge >= 0.3 is 0 Å².